The van der Waals surface area contributed by atoms with Crippen molar-refractivity contribution in [2.24, 2.45) is 5.73 Å². The van der Waals surface area contributed by atoms with Crippen LogP contribution < -0.4 is 16.4 Å². The summed E-state index contributed by atoms with van der Waals surface area (Å²) in [6.45, 7) is 0. The van der Waals surface area contributed by atoms with Crippen LogP contribution in [0.3, 0.4) is 0 Å². The van der Waals surface area contributed by atoms with Crippen LogP contribution in [0.4, 0.5) is 4.79 Å². The number of carboxylic acids is 1. The Kier molecular flexibility index (Phi) is 6.83. The molecule has 2 aromatic rings. The maximum absolute atomic E-state index is 13.2. The zero-order valence-electron chi connectivity index (χ0n) is 17.5. The summed E-state index contributed by atoms with van der Waals surface area (Å²) in [6.07, 6.45) is 1.51. The first-order chi connectivity index (χ1) is 16.3. The summed E-state index contributed by atoms with van der Waals surface area (Å²) in [5.41, 5.74) is 3.80. The number of methoxy groups -OCH3 is 1. The molecule has 0 radical (unpaired) electrons. The molecule has 6 N–H and O–H groups in total. The van der Waals surface area contributed by atoms with E-state index in [0.717, 1.165) is 4.90 Å². The van der Waals surface area contributed by atoms with Crippen LogP contribution in [-0.2, 0) is 19.1 Å². The van der Waals surface area contributed by atoms with E-state index in [0.29, 0.717) is 27.0 Å². The molecule has 3 atom stereocenters. The van der Waals surface area contributed by atoms with E-state index < -0.39 is 41.0 Å². The summed E-state index contributed by atoms with van der Waals surface area (Å²) >= 11 is 3.78. The molecule has 1 fully saturated rings. The molecule has 16 heteroatoms. The molecule has 0 aliphatic carbocycles. The minimum atomic E-state index is -1.80. The number of urea groups is 1. The van der Waals surface area contributed by atoms with Gasteiger partial charge in [-0.1, -0.05) is 11.3 Å². The molecule has 2 aliphatic heterocycles. The highest BCUT2D eigenvalue weighted by atomic mass is 32.2. The zero-order valence-corrected chi connectivity index (χ0v) is 20.0. The van der Waals surface area contributed by atoms with E-state index in [1.165, 1.54) is 48.2 Å². The van der Waals surface area contributed by atoms with E-state index in [9.17, 15) is 24.3 Å². The number of primary amides is 1. The van der Waals surface area contributed by atoms with Gasteiger partial charge in [0.1, 0.15) is 22.1 Å². The predicted molar refractivity (Wildman–Crippen MR) is 123 cm³/mol. The van der Waals surface area contributed by atoms with Crippen LogP contribution in [0.2, 0.25) is 0 Å². The summed E-state index contributed by atoms with van der Waals surface area (Å²) in [5, 5.41) is 26.3. The molecule has 13 nitrogen and oxygen atoms in total. The third-order valence-corrected chi connectivity index (χ3v) is 8.43. The van der Waals surface area contributed by atoms with Gasteiger partial charge < -0.3 is 26.2 Å². The maximum Gasteiger partial charge on any atom is 0.352 e. The normalized spacial score (nSPS) is 22.6. The van der Waals surface area contributed by atoms with Crippen molar-refractivity contribution < 1.29 is 29.0 Å². The summed E-state index contributed by atoms with van der Waals surface area (Å²) in [7, 11) is 1.25. The minimum Gasteiger partial charge on any atom is -0.477 e. The molecule has 1 saturated heterocycles. The fourth-order valence-electron chi connectivity index (χ4n) is 3.60. The van der Waals surface area contributed by atoms with E-state index in [4.69, 9.17) is 10.5 Å². The number of hydrogen-bond acceptors (Lipinski definition) is 10. The van der Waals surface area contributed by atoms with Crippen LogP contribution in [0.25, 0.3) is 0 Å². The van der Waals surface area contributed by atoms with Crippen molar-refractivity contribution >= 4 is 58.7 Å². The number of ether oxygens (including phenoxy) is 1. The molecule has 2 unspecified atom stereocenters. The Bertz CT molecular complexity index is 1140. The number of thioether (sulfide) groups is 2. The van der Waals surface area contributed by atoms with Gasteiger partial charge in [0.05, 0.1) is 6.20 Å². The number of thiophene rings is 1. The van der Waals surface area contributed by atoms with Crippen LogP contribution in [0.1, 0.15) is 10.9 Å². The van der Waals surface area contributed by atoms with Gasteiger partial charge in [-0.05, 0) is 17.0 Å². The molecule has 4 heterocycles. The number of nitrogens with two attached hydrogens (primary N) is 1. The summed E-state index contributed by atoms with van der Waals surface area (Å²) in [5.74, 6) is -2.12. The van der Waals surface area contributed by atoms with E-state index in [2.05, 4.69) is 26.0 Å². The highest BCUT2D eigenvalue weighted by molar-refractivity contribution is 8.01. The Balaban J connectivity index is 1.57. The van der Waals surface area contributed by atoms with Gasteiger partial charge in [-0.25, -0.2) is 9.59 Å². The zero-order chi connectivity index (χ0) is 24.5. The smallest absolute Gasteiger partial charge is 0.352 e. The summed E-state index contributed by atoms with van der Waals surface area (Å²) in [6, 6.07) is 1.27. The van der Waals surface area contributed by atoms with Gasteiger partial charge in [-0.2, -0.15) is 0 Å². The number of fused-ring (bicyclic) bond motifs is 1. The van der Waals surface area contributed by atoms with Gasteiger partial charge in [0.25, 0.3) is 17.5 Å². The standard InChI is InChI=1S/C18H19N7O6S3/c1-31-18(22-13(26)11(21-17(19)30)9-3-2-4-32-9)15(29)25-12(14(27)28)8(7-34-16(18)25)6-33-10-5-20-24-23-10/h2-5,11,16H,6-7H2,1H3,(H,22,26)(H,27,28)(H3,19,21,30)(H,20,23,24)/t11?,16?,18-/m0/s1. The van der Waals surface area contributed by atoms with Gasteiger partial charge >= 0.3 is 12.0 Å². The first kappa shape index (κ1) is 24.1. The second kappa shape index (κ2) is 9.65. The Morgan fingerprint density at radius 3 is 2.88 bits per heavy atom. The topological polar surface area (TPSA) is 193 Å². The lowest BCUT2D eigenvalue weighted by molar-refractivity contribution is -0.192. The molecule has 34 heavy (non-hydrogen) atoms. The van der Waals surface area contributed by atoms with E-state index in [1.54, 1.807) is 17.5 Å². The molecular weight excluding hydrogens is 506 g/mol. The minimum absolute atomic E-state index is 0.152. The second-order valence-corrected chi connectivity index (χ2v) is 10.2. The maximum atomic E-state index is 13.2. The SMILES string of the molecule is CO[C@@]1(NC(=O)C(NC(N)=O)c2cccs2)C(=O)N2C(C(=O)O)=C(CSc3cnn[nH]3)CSC21. The molecule has 2 aromatic heterocycles. The number of amides is 4. The summed E-state index contributed by atoms with van der Waals surface area (Å²) < 4.78 is 5.45. The van der Waals surface area contributed by atoms with Crippen molar-refractivity contribution in [3.63, 3.8) is 0 Å². The van der Waals surface area contributed by atoms with E-state index in [1.807, 2.05) is 0 Å². The van der Waals surface area contributed by atoms with Gasteiger partial charge in [0.15, 0.2) is 0 Å². The number of carbonyl (C=O) groups excluding carboxylic acids is 3. The molecule has 180 valence electrons. The number of carboxylic acid groups (broad SMARTS) is 1. The van der Waals surface area contributed by atoms with Crippen molar-refractivity contribution in [3.05, 3.63) is 39.9 Å². The number of aromatic nitrogens is 3. The first-order valence-corrected chi connectivity index (χ1v) is 12.6. The van der Waals surface area contributed by atoms with Crippen LogP contribution in [0.15, 0.2) is 40.0 Å². The van der Waals surface area contributed by atoms with Gasteiger partial charge in [0, 0.05) is 23.5 Å². The lowest BCUT2D eigenvalue weighted by Crippen LogP contribution is -2.81. The van der Waals surface area contributed by atoms with Gasteiger partial charge in [0.2, 0.25) is 0 Å². The van der Waals surface area contributed by atoms with Crippen molar-refractivity contribution in [2.45, 2.75) is 22.2 Å². The fourth-order valence-corrected chi connectivity index (χ4v) is 6.73. The fraction of sp³-hybridized carbons (Fsp3) is 0.333. The number of nitrogens with one attached hydrogen (secondary N) is 3. The number of aromatic amines is 1. The van der Waals surface area contributed by atoms with Crippen LogP contribution in [-0.4, -0.2) is 78.9 Å². The Morgan fingerprint density at radius 1 is 1.50 bits per heavy atom. The largest absolute Gasteiger partial charge is 0.477 e. The molecule has 0 aromatic carbocycles. The van der Waals surface area contributed by atoms with Crippen molar-refractivity contribution in [3.8, 4) is 0 Å². The third-order valence-electron chi connectivity index (χ3n) is 5.11. The predicted octanol–water partition coefficient (Wildman–Crippen LogP) is 0.0806. The number of rotatable bonds is 9. The van der Waals surface area contributed by atoms with Crippen LogP contribution in [0.5, 0.6) is 0 Å². The van der Waals surface area contributed by atoms with Crippen molar-refractivity contribution in [1.82, 2.24) is 30.9 Å². The van der Waals surface area contributed by atoms with Crippen LogP contribution >= 0.6 is 34.9 Å². The average molecular weight is 526 g/mol. The lowest BCUT2D eigenvalue weighted by Gasteiger charge is -2.56. The molecule has 0 saturated carbocycles. The molecular formula is C18H19N7O6S3. The number of H-pyrrole nitrogens is 1. The number of hydrogen-bond donors (Lipinski definition) is 5. The highest BCUT2D eigenvalue weighted by Crippen LogP contribution is 2.47. The first-order valence-electron chi connectivity index (χ1n) is 9.64. The third kappa shape index (κ3) is 4.24. The van der Waals surface area contributed by atoms with E-state index in [-0.39, 0.29) is 5.70 Å². The highest BCUT2D eigenvalue weighted by Gasteiger charge is 2.66. The molecule has 0 bridgehead atoms. The van der Waals surface area contributed by atoms with Crippen molar-refractivity contribution in [2.75, 3.05) is 18.6 Å². The number of carbonyl (C=O) groups is 4. The number of aliphatic carboxylic acids is 1. The average Bonchev–Trinajstić information content (AvgIpc) is 3.52. The molecule has 2 aliphatic rings. The van der Waals surface area contributed by atoms with Gasteiger partial charge in [-0.15, -0.1) is 40.0 Å². The monoisotopic (exact) mass is 525 g/mol. The quantitative estimate of drug-likeness (QED) is 0.170. The molecule has 0 spiro atoms. The second-order valence-electron chi connectivity index (χ2n) is 7.09. The Labute approximate surface area is 204 Å². The van der Waals surface area contributed by atoms with Crippen molar-refractivity contribution in [1.29, 1.82) is 0 Å². The molecule has 4 amide bonds. The van der Waals surface area contributed by atoms with Gasteiger partial charge in [-0.3, -0.25) is 19.6 Å². The number of nitrogens with zero attached hydrogens (tertiary/aromatic N) is 3. The molecule has 4 rings (SSSR count). The number of β-lactam (4-membered cyclic amide) rings is 1. The lowest BCUT2D eigenvalue weighted by atomic mass is 9.97. The van der Waals surface area contributed by atoms with Crippen LogP contribution in [0, 0.1) is 0 Å². The summed E-state index contributed by atoms with van der Waals surface area (Å²) in [4.78, 5) is 51.5. The van der Waals surface area contributed by atoms with E-state index >= 15 is 0 Å². The Hall–Kier alpha value is -3.08. The Morgan fingerprint density at radius 2 is 2.29 bits per heavy atom.